The second-order valence-corrected chi connectivity index (χ2v) is 10.5. The lowest BCUT2D eigenvalue weighted by atomic mass is 9.90. The third-order valence-corrected chi connectivity index (χ3v) is 6.94. The molecule has 0 spiro atoms. The molecule has 1 amide bonds. The van der Waals surface area contributed by atoms with Crippen LogP contribution in [-0.2, 0) is 11.8 Å². The summed E-state index contributed by atoms with van der Waals surface area (Å²) in [6.07, 6.45) is 2.74. The molecular weight excluding hydrogens is 412 g/mol. The maximum absolute atomic E-state index is 12.8. The predicted molar refractivity (Wildman–Crippen MR) is 127 cm³/mol. The molecule has 1 aliphatic rings. The van der Waals surface area contributed by atoms with Gasteiger partial charge in [0.25, 0.3) is 5.91 Å². The van der Waals surface area contributed by atoms with Gasteiger partial charge in [-0.05, 0) is 72.7 Å². The molecule has 3 nitrogen and oxygen atoms in total. The van der Waals surface area contributed by atoms with Gasteiger partial charge in [0, 0.05) is 50.9 Å². The van der Waals surface area contributed by atoms with E-state index in [4.69, 9.17) is 11.6 Å². The van der Waals surface area contributed by atoms with Gasteiger partial charge in [-0.1, -0.05) is 32.4 Å². The minimum Gasteiger partial charge on any atom is -0.336 e. The Morgan fingerprint density at radius 2 is 1.87 bits per heavy atom. The Hall–Kier alpha value is -2.17. The Labute approximate surface area is 187 Å². The first-order valence-corrected chi connectivity index (χ1v) is 11.6. The van der Waals surface area contributed by atoms with Gasteiger partial charge in [0.15, 0.2) is 0 Å². The maximum Gasteiger partial charge on any atom is 0.254 e. The van der Waals surface area contributed by atoms with Crippen LogP contribution in [0.15, 0.2) is 41.9 Å². The summed E-state index contributed by atoms with van der Waals surface area (Å²) < 4.78 is 0. The largest absolute Gasteiger partial charge is 0.336 e. The molecule has 3 aromatic rings. The van der Waals surface area contributed by atoms with Crippen LogP contribution in [0.2, 0.25) is 5.02 Å². The fraction of sp³-hybridized carbons (Fsp3) is 0.360. The van der Waals surface area contributed by atoms with Crippen LogP contribution in [0.4, 0.5) is 0 Å². The number of fused-ring (bicyclic) bond motifs is 1. The second kappa shape index (κ2) is 7.82. The minimum absolute atomic E-state index is 0.00824. The minimum atomic E-state index is 0.00824. The second-order valence-electron chi connectivity index (χ2n) is 9.21. The van der Waals surface area contributed by atoms with Crippen molar-refractivity contribution in [2.24, 2.45) is 0 Å². The summed E-state index contributed by atoms with van der Waals surface area (Å²) in [7, 11) is 0. The monoisotopic (exact) mass is 438 g/mol. The van der Waals surface area contributed by atoms with E-state index in [9.17, 15) is 4.79 Å². The average molecular weight is 439 g/mol. The van der Waals surface area contributed by atoms with E-state index < -0.39 is 0 Å². The van der Waals surface area contributed by atoms with Crippen LogP contribution in [0.3, 0.4) is 0 Å². The van der Waals surface area contributed by atoms with Crippen molar-refractivity contribution in [3.63, 3.8) is 0 Å². The topological polar surface area (TPSA) is 33.2 Å². The Morgan fingerprint density at radius 1 is 1.10 bits per heavy atom. The van der Waals surface area contributed by atoms with Crippen molar-refractivity contribution in [1.82, 2.24) is 9.88 Å². The number of carbonyl (C=O) groups excluding carboxylic acids is 1. The van der Waals surface area contributed by atoms with E-state index in [1.807, 2.05) is 17.2 Å². The molecule has 5 heteroatoms. The number of benzene rings is 1. The zero-order chi connectivity index (χ0) is 21.6. The van der Waals surface area contributed by atoms with E-state index in [-0.39, 0.29) is 17.4 Å². The SMILES string of the molecule is CC(C)N1CCc2cc(-c3csc(-c4ccnc(C(C)(C)C)c4)c3)c(Cl)cc2C1=O. The summed E-state index contributed by atoms with van der Waals surface area (Å²) in [6, 6.07) is 10.6. The van der Waals surface area contributed by atoms with E-state index in [2.05, 4.69) is 69.2 Å². The fourth-order valence-corrected chi connectivity index (χ4v) is 5.04. The standard InChI is InChI=1S/C25H27ClN2OS/c1-15(2)28-9-7-16-10-19(21(26)13-20(16)24(28)29)18-11-22(30-14-18)17-6-8-27-23(12-17)25(3,4)5/h6,8,10-15H,7,9H2,1-5H3. The number of carbonyl (C=O) groups is 1. The Morgan fingerprint density at radius 3 is 2.57 bits per heavy atom. The molecule has 0 unspecified atom stereocenters. The van der Waals surface area contributed by atoms with Crippen molar-refractivity contribution in [2.75, 3.05) is 6.54 Å². The first kappa shape index (κ1) is 21.1. The number of hydrogen-bond donors (Lipinski definition) is 0. The highest BCUT2D eigenvalue weighted by Gasteiger charge is 2.27. The van der Waals surface area contributed by atoms with E-state index in [1.54, 1.807) is 11.3 Å². The predicted octanol–water partition coefficient (Wildman–Crippen LogP) is 6.83. The Bertz CT molecular complexity index is 1110. The van der Waals surface area contributed by atoms with Crippen molar-refractivity contribution in [2.45, 2.75) is 52.5 Å². The van der Waals surface area contributed by atoms with Crippen LogP contribution >= 0.6 is 22.9 Å². The summed E-state index contributed by atoms with van der Waals surface area (Å²) in [5.74, 6) is 0.0807. The molecule has 1 aliphatic heterocycles. The molecule has 0 N–H and O–H groups in total. The van der Waals surface area contributed by atoms with Gasteiger partial charge in [0.1, 0.15) is 0 Å². The zero-order valence-corrected chi connectivity index (χ0v) is 19.7. The highest BCUT2D eigenvalue weighted by atomic mass is 35.5. The summed E-state index contributed by atoms with van der Waals surface area (Å²) in [5.41, 5.74) is 6.17. The normalized spacial score (nSPS) is 14.4. The first-order chi connectivity index (χ1) is 14.1. The van der Waals surface area contributed by atoms with E-state index >= 15 is 0 Å². The van der Waals surface area contributed by atoms with E-state index in [0.717, 1.165) is 40.9 Å². The summed E-state index contributed by atoms with van der Waals surface area (Å²) in [6.45, 7) is 11.4. The van der Waals surface area contributed by atoms with Crippen LogP contribution < -0.4 is 0 Å². The Kier molecular flexibility index (Phi) is 5.50. The van der Waals surface area contributed by atoms with Gasteiger partial charge in [0.05, 0.1) is 0 Å². The lowest BCUT2D eigenvalue weighted by Crippen LogP contribution is -2.42. The number of nitrogens with zero attached hydrogens (tertiary/aromatic N) is 2. The molecule has 0 fully saturated rings. The van der Waals surface area contributed by atoms with Crippen molar-refractivity contribution < 1.29 is 4.79 Å². The third kappa shape index (κ3) is 3.91. The number of rotatable bonds is 3. The molecule has 0 saturated carbocycles. The molecule has 2 aromatic heterocycles. The smallest absolute Gasteiger partial charge is 0.254 e. The van der Waals surface area contributed by atoms with Gasteiger partial charge in [0.2, 0.25) is 0 Å². The van der Waals surface area contributed by atoms with Gasteiger partial charge < -0.3 is 4.90 Å². The van der Waals surface area contributed by atoms with Crippen LogP contribution in [-0.4, -0.2) is 28.4 Å². The van der Waals surface area contributed by atoms with Gasteiger partial charge in [-0.2, -0.15) is 0 Å². The molecular formula is C25H27ClN2OS. The molecule has 4 rings (SSSR count). The quantitative estimate of drug-likeness (QED) is 0.448. The number of aromatic nitrogens is 1. The molecule has 0 atom stereocenters. The van der Waals surface area contributed by atoms with Gasteiger partial charge in [-0.3, -0.25) is 9.78 Å². The molecule has 156 valence electrons. The molecule has 0 aliphatic carbocycles. The lowest BCUT2D eigenvalue weighted by molar-refractivity contribution is 0.0688. The van der Waals surface area contributed by atoms with E-state index in [0.29, 0.717) is 5.02 Å². The summed E-state index contributed by atoms with van der Waals surface area (Å²) in [4.78, 5) is 20.5. The van der Waals surface area contributed by atoms with Gasteiger partial charge >= 0.3 is 0 Å². The van der Waals surface area contributed by atoms with Crippen LogP contribution in [0.1, 0.15) is 56.2 Å². The van der Waals surface area contributed by atoms with Gasteiger partial charge in [-0.25, -0.2) is 0 Å². The van der Waals surface area contributed by atoms with Gasteiger partial charge in [-0.15, -0.1) is 11.3 Å². The van der Waals surface area contributed by atoms with Crippen molar-refractivity contribution in [3.8, 4) is 21.6 Å². The van der Waals surface area contributed by atoms with Crippen LogP contribution in [0.25, 0.3) is 21.6 Å². The third-order valence-electron chi connectivity index (χ3n) is 5.65. The molecule has 1 aromatic carbocycles. The first-order valence-electron chi connectivity index (χ1n) is 10.3. The highest BCUT2D eigenvalue weighted by molar-refractivity contribution is 7.14. The van der Waals surface area contributed by atoms with Crippen molar-refractivity contribution >= 4 is 28.8 Å². The summed E-state index contributed by atoms with van der Waals surface area (Å²) in [5, 5.41) is 2.77. The Balaban J connectivity index is 1.69. The lowest BCUT2D eigenvalue weighted by Gasteiger charge is -2.32. The maximum atomic E-state index is 12.8. The number of halogens is 1. The zero-order valence-electron chi connectivity index (χ0n) is 18.1. The molecule has 0 radical (unpaired) electrons. The van der Waals surface area contributed by atoms with Crippen LogP contribution in [0.5, 0.6) is 0 Å². The number of pyridine rings is 1. The summed E-state index contributed by atoms with van der Waals surface area (Å²) >= 11 is 8.36. The number of thiophene rings is 1. The van der Waals surface area contributed by atoms with Crippen molar-refractivity contribution in [1.29, 1.82) is 0 Å². The molecule has 0 saturated heterocycles. The number of hydrogen-bond acceptors (Lipinski definition) is 3. The molecule has 30 heavy (non-hydrogen) atoms. The average Bonchev–Trinajstić information content (AvgIpc) is 3.17. The van der Waals surface area contributed by atoms with E-state index in [1.165, 1.54) is 10.4 Å². The highest BCUT2D eigenvalue weighted by Crippen LogP contribution is 2.38. The fourth-order valence-electron chi connectivity index (χ4n) is 3.86. The van der Waals surface area contributed by atoms with Crippen molar-refractivity contribution in [3.05, 3.63) is 63.8 Å². The molecule has 0 bridgehead atoms. The number of amides is 1. The molecule has 3 heterocycles. The van der Waals surface area contributed by atoms with Crippen LogP contribution in [0, 0.1) is 0 Å².